The zero-order valence-corrected chi connectivity index (χ0v) is 8.52. The van der Waals surface area contributed by atoms with Crippen LogP contribution >= 0.6 is 0 Å². The molecule has 0 unspecified atom stereocenters. The first-order valence-corrected chi connectivity index (χ1v) is 4.67. The molecule has 0 saturated heterocycles. The maximum absolute atomic E-state index is 12.9. The van der Waals surface area contributed by atoms with Gasteiger partial charge in [0.2, 0.25) is 0 Å². The second kappa shape index (κ2) is 4.58. The monoisotopic (exact) mass is 232 g/mol. The van der Waals surface area contributed by atoms with Crippen LogP contribution in [0.4, 0.5) is 8.78 Å². The van der Waals surface area contributed by atoms with E-state index in [4.69, 9.17) is 10.00 Å². The molecule has 1 aromatic heterocycles. The van der Waals surface area contributed by atoms with Gasteiger partial charge in [-0.05, 0) is 6.07 Å². The van der Waals surface area contributed by atoms with E-state index in [9.17, 15) is 8.78 Å². The van der Waals surface area contributed by atoms with Gasteiger partial charge in [0.25, 0.3) is 0 Å². The third-order valence-electron chi connectivity index (χ3n) is 1.97. The molecule has 2 rings (SSSR count). The van der Waals surface area contributed by atoms with E-state index in [2.05, 4.69) is 4.98 Å². The lowest BCUT2D eigenvalue weighted by molar-refractivity contribution is 0.465. The summed E-state index contributed by atoms with van der Waals surface area (Å²) in [6, 6.07) is 6.13. The summed E-state index contributed by atoms with van der Waals surface area (Å²) in [7, 11) is 0. The standard InChI is InChI=1S/C12H6F2N2O/c13-9-3-10(14)5-11(4-9)17-12-7-16-2-1-8(12)6-15/h1-5,7H. The number of hydrogen-bond donors (Lipinski definition) is 0. The maximum atomic E-state index is 12.9. The Bertz CT molecular complexity index is 573. The zero-order chi connectivity index (χ0) is 12.3. The van der Waals surface area contributed by atoms with E-state index in [0.717, 1.165) is 18.2 Å². The van der Waals surface area contributed by atoms with Crippen molar-refractivity contribution in [2.45, 2.75) is 0 Å². The first-order chi connectivity index (χ1) is 8.19. The highest BCUT2D eigenvalue weighted by Crippen LogP contribution is 2.25. The number of nitriles is 1. The summed E-state index contributed by atoms with van der Waals surface area (Å²) in [6.07, 6.45) is 2.74. The van der Waals surface area contributed by atoms with E-state index in [0.29, 0.717) is 0 Å². The predicted molar refractivity (Wildman–Crippen MR) is 55.4 cm³/mol. The number of benzene rings is 1. The summed E-state index contributed by atoms with van der Waals surface area (Å²) < 4.78 is 31.0. The molecule has 0 bridgehead atoms. The third-order valence-corrected chi connectivity index (χ3v) is 1.97. The minimum absolute atomic E-state index is 0.0213. The average molecular weight is 232 g/mol. The van der Waals surface area contributed by atoms with Gasteiger partial charge in [-0.2, -0.15) is 5.26 Å². The van der Waals surface area contributed by atoms with Crippen LogP contribution in [-0.4, -0.2) is 4.98 Å². The van der Waals surface area contributed by atoms with E-state index in [1.807, 2.05) is 6.07 Å². The molecule has 3 nitrogen and oxygen atoms in total. The Kier molecular flexibility index (Phi) is 2.97. The summed E-state index contributed by atoms with van der Waals surface area (Å²) >= 11 is 0. The molecule has 1 heterocycles. The Balaban J connectivity index is 2.35. The second-order valence-electron chi connectivity index (χ2n) is 3.19. The van der Waals surface area contributed by atoms with Crippen LogP contribution in [0, 0.1) is 23.0 Å². The quantitative estimate of drug-likeness (QED) is 0.799. The van der Waals surface area contributed by atoms with Crippen LogP contribution in [0.2, 0.25) is 0 Å². The normalized spacial score (nSPS) is 9.71. The van der Waals surface area contributed by atoms with Gasteiger partial charge in [0.1, 0.15) is 23.5 Å². The van der Waals surface area contributed by atoms with E-state index in [-0.39, 0.29) is 17.1 Å². The summed E-state index contributed by atoms with van der Waals surface area (Å²) in [4.78, 5) is 3.77. The zero-order valence-electron chi connectivity index (χ0n) is 8.52. The van der Waals surface area contributed by atoms with Gasteiger partial charge in [0.15, 0.2) is 5.75 Å². The van der Waals surface area contributed by atoms with Crippen LogP contribution < -0.4 is 4.74 Å². The highest BCUT2D eigenvalue weighted by atomic mass is 19.1. The van der Waals surface area contributed by atoms with Gasteiger partial charge in [-0.15, -0.1) is 0 Å². The molecule has 0 aliphatic heterocycles. The van der Waals surface area contributed by atoms with Crippen molar-refractivity contribution in [3.63, 3.8) is 0 Å². The van der Waals surface area contributed by atoms with Gasteiger partial charge < -0.3 is 4.74 Å². The lowest BCUT2D eigenvalue weighted by atomic mass is 10.2. The largest absolute Gasteiger partial charge is 0.454 e. The lowest BCUT2D eigenvalue weighted by Crippen LogP contribution is -1.91. The fourth-order valence-electron chi connectivity index (χ4n) is 1.27. The predicted octanol–water partition coefficient (Wildman–Crippen LogP) is 3.02. The number of pyridine rings is 1. The Morgan fingerprint density at radius 2 is 1.88 bits per heavy atom. The number of ether oxygens (including phenoxy) is 1. The van der Waals surface area contributed by atoms with E-state index in [1.165, 1.54) is 18.5 Å². The lowest BCUT2D eigenvalue weighted by Gasteiger charge is -2.06. The smallest absolute Gasteiger partial charge is 0.163 e. The highest BCUT2D eigenvalue weighted by Gasteiger charge is 2.06. The minimum atomic E-state index is -0.748. The molecular formula is C12H6F2N2O. The van der Waals surface area contributed by atoms with E-state index >= 15 is 0 Å². The number of nitrogens with zero attached hydrogens (tertiary/aromatic N) is 2. The van der Waals surface area contributed by atoms with Crippen molar-refractivity contribution < 1.29 is 13.5 Å². The number of halogens is 2. The molecule has 17 heavy (non-hydrogen) atoms. The van der Waals surface area contributed by atoms with Gasteiger partial charge in [-0.1, -0.05) is 0 Å². The molecule has 0 fully saturated rings. The van der Waals surface area contributed by atoms with E-state index in [1.54, 1.807) is 0 Å². The van der Waals surface area contributed by atoms with Gasteiger partial charge in [0.05, 0.1) is 11.8 Å². The van der Waals surface area contributed by atoms with Crippen molar-refractivity contribution >= 4 is 0 Å². The van der Waals surface area contributed by atoms with Crippen molar-refractivity contribution in [2.24, 2.45) is 0 Å². The first kappa shape index (κ1) is 11.0. The fraction of sp³-hybridized carbons (Fsp3) is 0. The van der Waals surface area contributed by atoms with Crippen molar-refractivity contribution in [2.75, 3.05) is 0 Å². The van der Waals surface area contributed by atoms with Crippen molar-refractivity contribution in [3.8, 4) is 17.6 Å². The highest BCUT2D eigenvalue weighted by molar-refractivity contribution is 5.43. The molecule has 0 spiro atoms. The average Bonchev–Trinajstić information content (AvgIpc) is 2.28. The Morgan fingerprint density at radius 3 is 2.53 bits per heavy atom. The van der Waals surface area contributed by atoms with Gasteiger partial charge in [0, 0.05) is 24.4 Å². The second-order valence-corrected chi connectivity index (χ2v) is 3.19. The molecule has 0 saturated carbocycles. The molecule has 0 aliphatic carbocycles. The summed E-state index contributed by atoms with van der Waals surface area (Å²) in [6.45, 7) is 0. The van der Waals surface area contributed by atoms with Gasteiger partial charge >= 0.3 is 0 Å². The Labute approximate surface area is 95.9 Å². The molecular weight excluding hydrogens is 226 g/mol. The van der Waals surface area contributed by atoms with Crippen LogP contribution in [0.5, 0.6) is 11.5 Å². The van der Waals surface area contributed by atoms with E-state index < -0.39 is 11.6 Å². The van der Waals surface area contributed by atoms with Crippen LogP contribution in [-0.2, 0) is 0 Å². The summed E-state index contributed by atoms with van der Waals surface area (Å²) in [5.74, 6) is -1.36. The molecule has 84 valence electrons. The molecule has 0 amide bonds. The Morgan fingerprint density at radius 1 is 1.18 bits per heavy atom. The van der Waals surface area contributed by atoms with Crippen molar-refractivity contribution in [1.82, 2.24) is 4.98 Å². The maximum Gasteiger partial charge on any atom is 0.163 e. The van der Waals surface area contributed by atoms with Crippen LogP contribution in [0.1, 0.15) is 5.56 Å². The summed E-state index contributed by atoms with van der Waals surface area (Å²) in [5, 5.41) is 8.80. The number of rotatable bonds is 2. The number of hydrogen-bond acceptors (Lipinski definition) is 3. The van der Waals surface area contributed by atoms with Gasteiger partial charge in [-0.25, -0.2) is 8.78 Å². The topological polar surface area (TPSA) is 45.9 Å². The van der Waals surface area contributed by atoms with Crippen LogP contribution in [0.3, 0.4) is 0 Å². The SMILES string of the molecule is N#Cc1ccncc1Oc1cc(F)cc(F)c1. The third kappa shape index (κ3) is 2.55. The molecule has 2 aromatic rings. The van der Waals surface area contributed by atoms with Gasteiger partial charge in [-0.3, -0.25) is 4.98 Å². The van der Waals surface area contributed by atoms with Crippen molar-refractivity contribution in [1.29, 1.82) is 5.26 Å². The summed E-state index contributed by atoms with van der Waals surface area (Å²) in [5.41, 5.74) is 0.240. The fourth-order valence-corrected chi connectivity index (χ4v) is 1.27. The minimum Gasteiger partial charge on any atom is -0.454 e. The number of aromatic nitrogens is 1. The molecule has 0 radical (unpaired) electrons. The molecule has 0 aliphatic rings. The molecule has 5 heteroatoms. The molecule has 1 aromatic carbocycles. The van der Waals surface area contributed by atoms with Crippen molar-refractivity contribution in [3.05, 3.63) is 53.9 Å². The van der Waals surface area contributed by atoms with Crippen LogP contribution in [0.25, 0.3) is 0 Å². The molecule has 0 N–H and O–H groups in total. The molecule has 0 atom stereocenters. The Hall–Kier alpha value is -2.48. The first-order valence-electron chi connectivity index (χ1n) is 4.67. The van der Waals surface area contributed by atoms with Crippen LogP contribution in [0.15, 0.2) is 36.7 Å².